The lowest BCUT2D eigenvalue weighted by atomic mass is 9.96. The molecule has 13 heteroatoms. The molecule has 2 aromatic rings. The number of rotatable bonds is 4. The molecule has 1 saturated heterocycles. The van der Waals surface area contributed by atoms with Gasteiger partial charge in [0.05, 0.1) is 17.4 Å². The molecule has 2 aliphatic rings. The SMILES string of the molecule is CN1C(N)c2ccc(-c3c(F)cccc3N3CCCC(CN)C3)nc2N(OC(=O)C(F)(F)F)C1N. The van der Waals surface area contributed by atoms with E-state index in [4.69, 9.17) is 17.2 Å². The number of alkyl halides is 3. The van der Waals surface area contributed by atoms with Gasteiger partial charge in [0, 0.05) is 24.3 Å². The summed E-state index contributed by atoms with van der Waals surface area (Å²) in [5.41, 5.74) is 19.2. The predicted molar refractivity (Wildman–Crippen MR) is 121 cm³/mol. The number of hydroxylamine groups is 1. The molecule has 0 spiro atoms. The largest absolute Gasteiger partial charge is 0.493 e. The topological polar surface area (TPSA) is 127 Å². The molecule has 9 nitrogen and oxygen atoms in total. The fourth-order valence-corrected chi connectivity index (χ4v) is 4.42. The number of nitrogens with zero attached hydrogens (tertiary/aromatic N) is 4. The molecular formula is C22H27F4N7O2. The van der Waals surface area contributed by atoms with Gasteiger partial charge in [-0.2, -0.15) is 18.2 Å². The lowest BCUT2D eigenvalue weighted by Gasteiger charge is -2.42. The number of piperidine rings is 1. The number of carbonyl (C=O) groups excluding carboxylic acids is 1. The number of nitrogens with two attached hydrogens (primary N) is 3. The maximum atomic E-state index is 15.2. The van der Waals surface area contributed by atoms with Crippen molar-refractivity contribution in [3.63, 3.8) is 0 Å². The lowest BCUT2D eigenvalue weighted by molar-refractivity contribution is -0.204. The van der Waals surface area contributed by atoms with E-state index in [9.17, 15) is 18.0 Å². The van der Waals surface area contributed by atoms with Crippen LogP contribution in [0.2, 0.25) is 0 Å². The van der Waals surface area contributed by atoms with Crippen LogP contribution in [0.1, 0.15) is 24.6 Å². The van der Waals surface area contributed by atoms with E-state index in [0.29, 0.717) is 30.4 Å². The fraction of sp³-hybridized carbons (Fsp3) is 0.455. The van der Waals surface area contributed by atoms with Crippen molar-refractivity contribution in [1.82, 2.24) is 9.88 Å². The van der Waals surface area contributed by atoms with Gasteiger partial charge in [-0.3, -0.25) is 10.6 Å². The third kappa shape index (κ3) is 4.76. The molecule has 3 unspecified atom stereocenters. The Morgan fingerprint density at radius 2 is 1.97 bits per heavy atom. The van der Waals surface area contributed by atoms with Crippen LogP contribution in [0, 0.1) is 11.7 Å². The highest BCUT2D eigenvalue weighted by Gasteiger charge is 2.46. The molecule has 0 aliphatic carbocycles. The van der Waals surface area contributed by atoms with Crippen LogP contribution < -0.4 is 27.2 Å². The van der Waals surface area contributed by atoms with Crippen molar-refractivity contribution < 1.29 is 27.2 Å². The molecule has 3 heterocycles. The molecule has 4 rings (SSSR count). The monoisotopic (exact) mass is 497 g/mol. The van der Waals surface area contributed by atoms with Crippen molar-refractivity contribution in [3.05, 3.63) is 41.7 Å². The smallest absolute Gasteiger partial charge is 0.371 e. The second kappa shape index (κ2) is 9.57. The molecule has 0 bridgehead atoms. The van der Waals surface area contributed by atoms with Crippen molar-refractivity contribution in [2.75, 3.05) is 36.6 Å². The summed E-state index contributed by atoms with van der Waals surface area (Å²) in [5, 5.41) is 0.546. The number of anilines is 2. The Morgan fingerprint density at radius 3 is 2.66 bits per heavy atom. The molecular weight excluding hydrogens is 470 g/mol. The van der Waals surface area contributed by atoms with Crippen LogP contribution in [0.3, 0.4) is 0 Å². The number of hydrogen-bond donors (Lipinski definition) is 3. The van der Waals surface area contributed by atoms with E-state index in [0.717, 1.165) is 12.8 Å². The number of benzene rings is 1. The van der Waals surface area contributed by atoms with E-state index < -0.39 is 30.4 Å². The first kappa shape index (κ1) is 25.1. The zero-order valence-corrected chi connectivity index (χ0v) is 19.0. The number of aromatic nitrogens is 1. The third-order valence-electron chi connectivity index (χ3n) is 6.38. The van der Waals surface area contributed by atoms with Crippen LogP contribution in [-0.2, 0) is 9.63 Å². The molecule has 0 amide bonds. The highest BCUT2D eigenvalue weighted by Crippen LogP contribution is 2.39. The average molecular weight is 497 g/mol. The maximum absolute atomic E-state index is 15.2. The van der Waals surface area contributed by atoms with Crippen molar-refractivity contribution in [2.24, 2.45) is 23.1 Å². The van der Waals surface area contributed by atoms with Gasteiger partial charge in [-0.05, 0) is 50.6 Å². The first-order valence-corrected chi connectivity index (χ1v) is 11.1. The highest BCUT2D eigenvalue weighted by molar-refractivity contribution is 5.79. The molecule has 1 fully saturated rings. The van der Waals surface area contributed by atoms with Gasteiger partial charge in [0.2, 0.25) is 0 Å². The van der Waals surface area contributed by atoms with Crippen LogP contribution in [0.15, 0.2) is 30.3 Å². The normalized spacial score (nSPS) is 23.3. The summed E-state index contributed by atoms with van der Waals surface area (Å²) in [6.45, 7) is 1.82. The van der Waals surface area contributed by atoms with Gasteiger partial charge in [-0.15, -0.1) is 0 Å². The van der Waals surface area contributed by atoms with Crippen LogP contribution >= 0.6 is 0 Å². The number of hydrogen-bond acceptors (Lipinski definition) is 9. The van der Waals surface area contributed by atoms with Gasteiger partial charge < -0.3 is 21.2 Å². The highest BCUT2D eigenvalue weighted by atomic mass is 19.4. The van der Waals surface area contributed by atoms with Crippen molar-refractivity contribution in [1.29, 1.82) is 0 Å². The van der Waals surface area contributed by atoms with Crippen molar-refractivity contribution in [2.45, 2.75) is 31.5 Å². The first-order valence-electron chi connectivity index (χ1n) is 11.1. The van der Waals surface area contributed by atoms with Gasteiger partial charge in [-0.25, -0.2) is 14.2 Å². The van der Waals surface area contributed by atoms with Gasteiger partial charge >= 0.3 is 12.1 Å². The molecule has 35 heavy (non-hydrogen) atoms. The Hall–Kier alpha value is -3.00. The average Bonchev–Trinajstić information content (AvgIpc) is 2.84. The molecule has 1 aromatic heterocycles. The van der Waals surface area contributed by atoms with Gasteiger partial charge in [0.25, 0.3) is 0 Å². The van der Waals surface area contributed by atoms with Gasteiger partial charge in [-0.1, -0.05) is 12.1 Å². The molecule has 0 saturated carbocycles. The number of carbonyl (C=O) groups is 1. The summed E-state index contributed by atoms with van der Waals surface area (Å²) >= 11 is 0. The zero-order valence-electron chi connectivity index (χ0n) is 19.0. The Bertz CT molecular complexity index is 1100. The molecule has 0 radical (unpaired) electrons. The Kier molecular flexibility index (Phi) is 6.86. The van der Waals surface area contributed by atoms with Crippen molar-refractivity contribution in [3.8, 4) is 11.3 Å². The minimum atomic E-state index is -5.26. The first-order chi connectivity index (χ1) is 16.5. The van der Waals surface area contributed by atoms with Gasteiger partial charge in [0.15, 0.2) is 12.1 Å². The molecule has 1 aromatic carbocycles. The van der Waals surface area contributed by atoms with E-state index in [2.05, 4.69) is 9.82 Å². The number of pyridine rings is 1. The Labute approximate surface area is 199 Å². The Balaban J connectivity index is 1.80. The van der Waals surface area contributed by atoms with E-state index in [1.165, 1.54) is 30.1 Å². The molecule has 6 N–H and O–H groups in total. The quantitative estimate of drug-likeness (QED) is 0.544. The van der Waals surface area contributed by atoms with Crippen LogP contribution in [0.4, 0.5) is 29.1 Å². The van der Waals surface area contributed by atoms with Gasteiger partial charge in [0.1, 0.15) is 5.82 Å². The predicted octanol–water partition coefficient (Wildman–Crippen LogP) is 2.03. The summed E-state index contributed by atoms with van der Waals surface area (Å²) in [6.07, 6.45) is -5.62. The van der Waals surface area contributed by atoms with E-state index in [1.54, 1.807) is 12.1 Å². The van der Waals surface area contributed by atoms with Crippen molar-refractivity contribution >= 4 is 17.5 Å². The maximum Gasteiger partial charge on any atom is 0.493 e. The minimum Gasteiger partial charge on any atom is -0.371 e. The third-order valence-corrected chi connectivity index (χ3v) is 6.38. The molecule has 2 aliphatic heterocycles. The van der Waals surface area contributed by atoms with Crippen LogP contribution in [0.5, 0.6) is 0 Å². The number of fused-ring (bicyclic) bond motifs is 1. The van der Waals surface area contributed by atoms with E-state index >= 15 is 4.39 Å². The summed E-state index contributed by atoms with van der Waals surface area (Å²) in [5.74, 6) is -2.99. The second-order valence-corrected chi connectivity index (χ2v) is 8.66. The minimum absolute atomic E-state index is 0.128. The Morgan fingerprint density at radius 1 is 1.23 bits per heavy atom. The summed E-state index contributed by atoms with van der Waals surface area (Å²) in [6, 6.07) is 7.65. The summed E-state index contributed by atoms with van der Waals surface area (Å²) in [4.78, 5) is 23.9. The fourth-order valence-electron chi connectivity index (χ4n) is 4.42. The molecule has 3 atom stereocenters. The van der Waals surface area contributed by atoms with Crippen LogP contribution in [-0.4, -0.2) is 55.0 Å². The van der Waals surface area contributed by atoms with Crippen LogP contribution in [0.25, 0.3) is 11.3 Å². The summed E-state index contributed by atoms with van der Waals surface area (Å²) < 4.78 is 54.0. The molecule has 190 valence electrons. The number of halogens is 4. The second-order valence-electron chi connectivity index (χ2n) is 8.66. The van der Waals surface area contributed by atoms with E-state index in [1.807, 2.05) is 4.90 Å². The summed E-state index contributed by atoms with van der Waals surface area (Å²) in [7, 11) is 1.46. The van der Waals surface area contributed by atoms with E-state index in [-0.39, 0.29) is 28.6 Å². The lowest BCUT2D eigenvalue weighted by Crippen LogP contribution is -2.60. The standard InChI is InChI=1S/C22H27F4N7O2/c1-31-18(28)13-7-8-15(30-19(13)33(21(31)29)35-20(34)22(24,25)26)17-14(23)5-2-6-16(17)32-9-3-4-12(10-27)11-32/h2,5-8,12,18,21H,3-4,9-11,27-29H2,1H3. The zero-order chi connectivity index (χ0) is 25.5.